The average Bonchev–Trinajstić information content (AvgIpc) is 3.48. The van der Waals surface area contributed by atoms with Gasteiger partial charge < -0.3 is 19.3 Å². The Morgan fingerprint density at radius 3 is 2.65 bits per heavy atom. The van der Waals surface area contributed by atoms with Gasteiger partial charge in [0.15, 0.2) is 5.78 Å². The Bertz CT molecular complexity index is 1040. The SMILES string of the molecule is CC(=O)OC[C@]12CC[C@H]3[C@@H](C[C@H]4O[C@]45[C@@H](O)C=CC(=O)[C@]35C)[C@@H]1CC[C@@H]2[C@H](C)[C@H]1C[C@H](C)[C@@H](C)C(=O)O1. The Morgan fingerprint density at radius 2 is 1.95 bits per heavy atom. The first-order chi connectivity index (χ1) is 17.5. The lowest BCUT2D eigenvalue weighted by Crippen LogP contribution is -2.64. The first-order valence-corrected chi connectivity index (χ1v) is 14.4. The topological polar surface area (TPSA) is 102 Å². The number of esters is 2. The average molecular weight is 515 g/mol. The highest BCUT2D eigenvalue weighted by molar-refractivity contribution is 5.98. The van der Waals surface area contributed by atoms with Crippen LogP contribution in [-0.2, 0) is 28.6 Å². The predicted molar refractivity (Wildman–Crippen MR) is 134 cm³/mol. The van der Waals surface area contributed by atoms with Gasteiger partial charge in [0.1, 0.15) is 17.8 Å². The molecule has 0 aromatic rings. The minimum atomic E-state index is -0.787. The Morgan fingerprint density at radius 1 is 1.19 bits per heavy atom. The molecule has 0 unspecified atom stereocenters. The number of hydrogen-bond acceptors (Lipinski definition) is 7. The summed E-state index contributed by atoms with van der Waals surface area (Å²) in [4.78, 5) is 38.1. The van der Waals surface area contributed by atoms with Crippen LogP contribution in [0.4, 0.5) is 0 Å². The number of rotatable bonds is 4. The Labute approximate surface area is 219 Å². The summed E-state index contributed by atoms with van der Waals surface area (Å²) in [5.74, 6) is 1.01. The van der Waals surface area contributed by atoms with E-state index in [4.69, 9.17) is 14.2 Å². The molecule has 7 nitrogen and oxygen atoms in total. The molecular formula is C30H42O7. The van der Waals surface area contributed by atoms with Crippen molar-refractivity contribution < 1.29 is 33.7 Å². The van der Waals surface area contributed by atoms with Crippen LogP contribution < -0.4 is 0 Å². The number of cyclic esters (lactones) is 1. The number of hydrogen-bond donors (Lipinski definition) is 1. The van der Waals surface area contributed by atoms with Gasteiger partial charge in [0, 0.05) is 12.3 Å². The molecule has 0 bridgehead atoms. The molecule has 6 aliphatic rings. The molecule has 2 aliphatic heterocycles. The van der Waals surface area contributed by atoms with Crippen LogP contribution in [-0.4, -0.2) is 53.3 Å². The second-order valence-electron chi connectivity index (χ2n) is 13.5. The van der Waals surface area contributed by atoms with E-state index in [1.807, 2.05) is 13.8 Å². The zero-order chi connectivity index (χ0) is 26.5. The molecule has 0 aromatic heterocycles. The molecule has 1 spiro atoms. The summed E-state index contributed by atoms with van der Waals surface area (Å²) in [5, 5.41) is 10.9. The van der Waals surface area contributed by atoms with E-state index in [0.29, 0.717) is 12.5 Å². The summed E-state index contributed by atoms with van der Waals surface area (Å²) < 4.78 is 18.1. The molecule has 13 atom stereocenters. The van der Waals surface area contributed by atoms with Crippen molar-refractivity contribution in [3.63, 3.8) is 0 Å². The molecule has 1 N–H and O–H groups in total. The number of epoxide rings is 1. The van der Waals surface area contributed by atoms with Crippen LogP contribution in [0.5, 0.6) is 0 Å². The number of allylic oxidation sites excluding steroid dienone is 1. The molecule has 7 heteroatoms. The van der Waals surface area contributed by atoms with E-state index >= 15 is 0 Å². The molecule has 37 heavy (non-hydrogen) atoms. The van der Waals surface area contributed by atoms with E-state index in [0.717, 1.165) is 38.5 Å². The second kappa shape index (κ2) is 8.38. The third-order valence-electron chi connectivity index (χ3n) is 12.3. The van der Waals surface area contributed by atoms with Gasteiger partial charge in [-0.25, -0.2) is 0 Å². The number of ether oxygens (including phenoxy) is 3. The van der Waals surface area contributed by atoms with Crippen LogP contribution in [0.1, 0.15) is 73.1 Å². The largest absolute Gasteiger partial charge is 0.465 e. The van der Waals surface area contributed by atoms with Gasteiger partial charge in [-0.05, 0) is 93.1 Å². The maximum Gasteiger partial charge on any atom is 0.309 e. The minimum absolute atomic E-state index is 0.0719. The smallest absolute Gasteiger partial charge is 0.309 e. The minimum Gasteiger partial charge on any atom is -0.465 e. The van der Waals surface area contributed by atoms with Crippen LogP contribution in [0.3, 0.4) is 0 Å². The van der Waals surface area contributed by atoms with E-state index in [9.17, 15) is 19.5 Å². The van der Waals surface area contributed by atoms with Crippen LogP contribution in [0.15, 0.2) is 12.2 Å². The summed E-state index contributed by atoms with van der Waals surface area (Å²) in [6, 6.07) is 0. The van der Waals surface area contributed by atoms with Crippen molar-refractivity contribution in [3.8, 4) is 0 Å². The maximum absolute atomic E-state index is 13.4. The number of carbonyl (C=O) groups is 3. The summed E-state index contributed by atoms with van der Waals surface area (Å²) in [7, 11) is 0. The molecule has 6 rings (SSSR count). The Balaban J connectivity index is 1.33. The van der Waals surface area contributed by atoms with Gasteiger partial charge in [-0.3, -0.25) is 14.4 Å². The molecule has 0 amide bonds. The number of carbonyl (C=O) groups excluding carboxylic acids is 3. The number of aliphatic hydroxyl groups excluding tert-OH is 1. The molecule has 2 saturated heterocycles. The first-order valence-electron chi connectivity index (χ1n) is 14.4. The number of ketones is 1. The molecule has 0 aromatic carbocycles. The van der Waals surface area contributed by atoms with Gasteiger partial charge in [0.05, 0.1) is 24.0 Å². The van der Waals surface area contributed by atoms with Crippen LogP contribution in [0.25, 0.3) is 0 Å². The highest BCUT2D eigenvalue weighted by atomic mass is 16.6. The quantitative estimate of drug-likeness (QED) is 0.449. The highest BCUT2D eigenvalue weighted by Crippen LogP contribution is 2.73. The molecule has 2 heterocycles. The fraction of sp³-hybridized carbons (Fsp3) is 0.833. The summed E-state index contributed by atoms with van der Waals surface area (Å²) in [5.41, 5.74) is -1.73. The number of fused-ring (bicyclic) bond motifs is 4. The Hall–Kier alpha value is -1.73. The standard InChI is InChI=1S/C30H42O7/c1-15-12-23(36-27(34)16(15)2)17(3)20-6-7-22-19-13-26-30(37-26)25(33)9-8-24(32)28(30,5)21(19)10-11-29(20,22)14-35-18(4)31/h8-9,15-17,19-23,25-26,33H,6-7,10-14H2,1-5H3/t15-,16+,17-,19+,20+,21-,22-,23+,25-,26+,28-,29-,30+/m0/s1. The van der Waals surface area contributed by atoms with Crippen molar-refractivity contribution in [1.82, 2.24) is 0 Å². The van der Waals surface area contributed by atoms with Crippen molar-refractivity contribution in [2.24, 2.45) is 52.3 Å². The van der Waals surface area contributed by atoms with Gasteiger partial charge >= 0.3 is 11.9 Å². The predicted octanol–water partition coefficient (Wildman–Crippen LogP) is 3.86. The van der Waals surface area contributed by atoms with Crippen molar-refractivity contribution in [2.45, 2.75) is 97.1 Å². The van der Waals surface area contributed by atoms with E-state index in [1.165, 1.54) is 6.92 Å². The molecule has 4 aliphatic carbocycles. The summed E-state index contributed by atoms with van der Waals surface area (Å²) in [6.07, 6.45) is 7.57. The van der Waals surface area contributed by atoms with Crippen molar-refractivity contribution in [1.29, 1.82) is 0 Å². The normalized spacial score (nSPS) is 52.8. The zero-order valence-corrected chi connectivity index (χ0v) is 22.8. The van der Waals surface area contributed by atoms with Gasteiger partial charge in [-0.1, -0.05) is 20.8 Å². The lowest BCUT2D eigenvalue weighted by atomic mass is 9.44. The van der Waals surface area contributed by atoms with Crippen molar-refractivity contribution >= 4 is 17.7 Å². The zero-order valence-electron chi connectivity index (χ0n) is 22.8. The van der Waals surface area contributed by atoms with E-state index in [2.05, 4.69) is 13.8 Å². The van der Waals surface area contributed by atoms with Gasteiger partial charge in [-0.2, -0.15) is 0 Å². The molecule has 204 valence electrons. The highest BCUT2D eigenvalue weighted by Gasteiger charge is 2.80. The maximum atomic E-state index is 13.4. The van der Waals surface area contributed by atoms with E-state index in [1.54, 1.807) is 12.2 Å². The van der Waals surface area contributed by atoms with Gasteiger partial charge in [-0.15, -0.1) is 0 Å². The molecule has 5 fully saturated rings. The van der Waals surface area contributed by atoms with Gasteiger partial charge in [0.25, 0.3) is 0 Å². The molecular weight excluding hydrogens is 472 g/mol. The number of aliphatic hydroxyl groups is 1. The molecule has 3 saturated carbocycles. The van der Waals surface area contributed by atoms with Gasteiger partial charge in [0.2, 0.25) is 0 Å². The first kappa shape index (κ1) is 25.5. The van der Waals surface area contributed by atoms with E-state index < -0.39 is 17.1 Å². The third-order valence-corrected chi connectivity index (χ3v) is 12.3. The fourth-order valence-electron chi connectivity index (χ4n) is 10.0. The van der Waals surface area contributed by atoms with Crippen molar-refractivity contribution in [3.05, 3.63) is 12.2 Å². The Kier molecular flexibility index (Phi) is 5.79. The second-order valence-corrected chi connectivity index (χ2v) is 13.5. The van der Waals surface area contributed by atoms with Crippen molar-refractivity contribution in [2.75, 3.05) is 6.61 Å². The monoisotopic (exact) mass is 514 g/mol. The lowest BCUT2D eigenvalue weighted by Gasteiger charge is -2.58. The fourth-order valence-corrected chi connectivity index (χ4v) is 10.0. The molecule has 0 radical (unpaired) electrons. The van der Waals surface area contributed by atoms with Crippen LogP contribution >= 0.6 is 0 Å². The third kappa shape index (κ3) is 3.28. The lowest BCUT2D eigenvalue weighted by molar-refractivity contribution is -0.176. The van der Waals surface area contributed by atoms with Crippen LogP contribution in [0, 0.1) is 52.3 Å². The van der Waals surface area contributed by atoms with E-state index in [-0.39, 0.29) is 70.9 Å². The summed E-state index contributed by atoms with van der Waals surface area (Å²) >= 11 is 0. The summed E-state index contributed by atoms with van der Waals surface area (Å²) in [6.45, 7) is 10.2. The van der Waals surface area contributed by atoms with Crippen LogP contribution in [0.2, 0.25) is 0 Å².